The van der Waals surface area contributed by atoms with E-state index in [0.29, 0.717) is 11.3 Å². The first kappa shape index (κ1) is 17.5. The zero-order valence-electron chi connectivity index (χ0n) is 11.9. The maximum atomic E-state index is 12.1. The minimum absolute atomic E-state index is 0.00488. The van der Waals surface area contributed by atoms with E-state index in [1.165, 1.54) is 43.1 Å². The van der Waals surface area contributed by atoms with Gasteiger partial charge in [-0.15, -0.1) is 0 Å². The van der Waals surface area contributed by atoms with E-state index in [-0.39, 0.29) is 28.3 Å². The molecule has 1 rings (SSSR count). The Labute approximate surface area is 129 Å². The van der Waals surface area contributed by atoms with Crippen LogP contribution in [0.1, 0.15) is 18.9 Å². The topological polar surface area (TPSA) is 84.2 Å². The van der Waals surface area contributed by atoms with Crippen LogP contribution in [0.5, 0.6) is 0 Å². The SMILES string of the molecule is COC(=O)CC(C)SCCS(=O)(=O)c1ccc(C#N)cc1. The van der Waals surface area contributed by atoms with Gasteiger partial charge in [-0.25, -0.2) is 8.42 Å². The van der Waals surface area contributed by atoms with Crippen molar-refractivity contribution in [2.24, 2.45) is 0 Å². The molecule has 0 N–H and O–H groups in total. The third-order valence-electron chi connectivity index (χ3n) is 2.78. The van der Waals surface area contributed by atoms with Crippen LogP contribution in [0, 0.1) is 11.3 Å². The van der Waals surface area contributed by atoms with E-state index in [1.807, 2.05) is 13.0 Å². The molecule has 1 aromatic rings. The first-order chi connectivity index (χ1) is 9.89. The molecule has 0 saturated heterocycles. The van der Waals surface area contributed by atoms with E-state index >= 15 is 0 Å². The number of rotatable bonds is 7. The van der Waals surface area contributed by atoms with Crippen molar-refractivity contribution in [3.05, 3.63) is 29.8 Å². The van der Waals surface area contributed by atoms with Crippen LogP contribution in [-0.2, 0) is 19.4 Å². The normalized spacial score (nSPS) is 12.4. The molecule has 0 fully saturated rings. The van der Waals surface area contributed by atoms with Gasteiger partial charge in [0.2, 0.25) is 0 Å². The number of methoxy groups -OCH3 is 1. The van der Waals surface area contributed by atoms with Crippen LogP contribution in [0.3, 0.4) is 0 Å². The highest BCUT2D eigenvalue weighted by Crippen LogP contribution is 2.18. The third kappa shape index (κ3) is 5.78. The Morgan fingerprint density at radius 2 is 2.00 bits per heavy atom. The summed E-state index contributed by atoms with van der Waals surface area (Å²) in [4.78, 5) is 11.3. The first-order valence-electron chi connectivity index (χ1n) is 6.30. The van der Waals surface area contributed by atoms with Crippen molar-refractivity contribution in [3.8, 4) is 6.07 Å². The Kier molecular flexibility index (Phi) is 6.72. The molecular formula is C14H17NO4S2. The summed E-state index contributed by atoms with van der Waals surface area (Å²) < 4.78 is 28.8. The second kappa shape index (κ2) is 8.05. The quantitative estimate of drug-likeness (QED) is 0.712. The summed E-state index contributed by atoms with van der Waals surface area (Å²) in [6.07, 6.45) is 0.262. The average Bonchev–Trinajstić information content (AvgIpc) is 2.46. The van der Waals surface area contributed by atoms with Crippen molar-refractivity contribution in [1.29, 1.82) is 5.26 Å². The van der Waals surface area contributed by atoms with Crippen molar-refractivity contribution in [2.75, 3.05) is 18.6 Å². The fourth-order valence-electron chi connectivity index (χ4n) is 1.59. The molecule has 0 amide bonds. The molecular weight excluding hydrogens is 310 g/mol. The molecule has 0 bridgehead atoms. The van der Waals surface area contributed by atoms with Crippen molar-refractivity contribution >= 4 is 27.6 Å². The number of ether oxygens (including phenoxy) is 1. The van der Waals surface area contributed by atoms with Gasteiger partial charge in [0.1, 0.15) is 0 Å². The van der Waals surface area contributed by atoms with Gasteiger partial charge < -0.3 is 4.74 Å². The smallest absolute Gasteiger partial charge is 0.306 e. The fraction of sp³-hybridized carbons (Fsp3) is 0.429. The van der Waals surface area contributed by atoms with Gasteiger partial charge >= 0.3 is 5.97 Å². The molecule has 0 aromatic heterocycles. The van der Waals surface area contributed by atoms with Gasteiger partial charge in [-0.2, -0.15) is 17.0 Å². The molecule has 0 radical (unpaired) electrons. The van der Waals surface area contributed by atoms with Crippen LogP contribution in [0.4, 0.5) is 0 Å². The van der Waals surface area contributed by atoms with Crippen molar-refractivity contribution < 1.29 is 17.9 Å². The Hall–Kier alpha value is -1.52. The zero-order chi connectivity index (χ0) is 15.9. The summed E-state index contributed by atoms with van der Waals surface area (Å²) in [5, 5.41) is 8.69. The van der Waals surface area contributed by atoms with Crippen LogP contribution in [0.25, 0.3) is 0 Å². The lowest BCUT2D eigenvalue weighted by molar-refractivity contribution is -0.140. The van der Waals surface area contributed by atoms with Gasteiger partial charge in [0.25, 0.3) is 0 Å². The van der Waals surface area contributed by atoms with Gasteiger partial charge in [0.05, 0.1) is 35.8 Å². The van der Waals surface area contributed by atoms with Crippen LogP contribution in [0.2, 0.25) is 0 Å². The lowest BCUT2D eigenvalue weighted by Crippen LogP contribution is -2.13. The molecule has 5 nitrogen and oxygen atoms in total. The van der Waals surface area contributed by atoms with E-state index in [2.05, 4.69) is 4.74 Å². The largest absolute Gasteiger partial charge is 0.469 e. The third-order valence-corrected chi connectivity index (χ3v) is 5.94. The number of esters is 1. The van der Waals surface area contributed by atoms with Gasteiger partial charge in [-0.3, -0.25) is 4.79 Å². The van der Waals surface area contributed by atoms with E-state index in [1.54, 1.807) is 0 Å². The minimum Gasteiger partial charge on any atom is -0.469 e. The molecule has 114 valence electrons. The molecule has 0 aliphatic rings. The summed E-state index contributed by atoms with van der Waals surface area (Å²) in [6.45, 7) is 1.86. The van der Waals surface area contributed by atoms with E-state index in [4.69, 9.17) is 5.26 Å². The average molecular weight is 327 g/mol. The zero-order valence-corrected chi connectivity index (χ0v) is 13.5. The number of nitriles is 1. The highest BCUT2D eigenvalue weighted by molar-refractivity contribution is 8.01. The van der Waals surface area contributed by atoms with E-state index in [9.17, 15) is 13.2 Å². The number of carbonyl (C=O) groups excluding carboxylic acids is 1. The molecule has 0 aliphatic carbocycles. The molecule has 0 spiro atoms. The monoisotopic (exact) mass is 327 g/mol. The van der Waals surface area contributed by atoms with E-state index in [0.717, 1.165) is 0 Å². The highest BCUT2D eigenvalue weighted by Gasteiger charge is 2.16. The molecule has 0 heterocycles. The number of thioether (sulfide) groups is 1. The first-order valence-corrected chi connectivity index (χ1v) is 9.00. The molecule has 1 atom stereocenters. The van der Waals surface area contributed by atoms with Crippen molar-refractivity contribution in [3.63, 3.8) is 0 Å². The number of carbonyl (C=O) groups is 1. The lowest BCUT2D eigenvalue weighted by atomic mass is 10.2. The van der Waals surface area contributed by atoms with Crippen LogP contribution in [0.15, 0.2) is 29.2 Å². The number of benzene rings is 1. The summed E-state index contributed by atoms with van der Waals surface area (Å²) in [5.74, 6) is 0.0974. The maximum absolute atomic E-state index is 12.1. The molecule has 1 aromatic carbocycles. The predicted octanol–water partition coefficient (Wildman–Crippen LogP) is 2.02. The standard InChI is InChI=1S/C14H17NO4S2/c1-11(9-14(16)19-2)20-7-8-21(17,18)13-5-3-12(10-15)4-6-13/h3-6,11H,7-9H2,1-2H3. The molecule has 1 unspecified atom stereocenters. The Morgan fingerprint density at radius 1 is 1.38 bits per heavy atom. The molecule has 0 saturated carbocycles. The predicted molar refractivity (Wildman–Crippen MR) is 81.8 cm³/mol. The van der Waals surface area contributed by atoms with Crippen LogP contribution in [-0.4, -0.2) is 38.3 Å². The minimum atomic E-state index is -3.36. The van der Waals surface area contributed by atoms with Gasteiger partial charge in [0, 0.05) is 11.0 Å². The van der Waals surface area contributed by atoms with Crippen LogP contribution < -0.4 is 0 Å². The molecule has 0 aliphatic heterocycles. The fourth-order valence-corrected chi connectivity index (χ4v) is 4.30. The summed E-state index contributed by atoms with van der Waals surface area (Å²) in [7, 11) is -2.03. The van der Waals surface area contributed by atoms with Gasteiger partial charge in [0.15, 0.2) is 9.84 Å². The molecule has 7 heteroatoms. The Bertz CT molecular complexity index is 617. The van der Waals surface area contributed by atoms with Crippen molar-refractivity contribution in [1.82, 2.24) is 0 Å². The lowest BCUT2D eigenvalue weighted by Gasteiger charge is -2.10. The van der Waals surface area contributed by atoms with Gasteiger partial charge in [-0.1, -0.05) is 6.92 Å². The second-order valence-electron chi connectivity index (χ2n) is 4.42. The highest BCUT2D eigenvalue weighted by atomic mass is 32.2. The number of hydrogen-bond donors (Lipinski definition) is 0. The van der Waals surface area contributed by atoms with Crippen molar-refractivity contribution in [2.45, 2.75) is 23.5 Å². The Balaban J connectivity index is 2.53. The Morgan fingerprint density at radius 3 is 2.52 bits per heavy atom. The maximum Gasteiger partial charge on any atom is 0.306 e. The van der Waals surface area contributed by atoms with E-state index < -0.39 is 9.84 Å². The number of nitrogens with zero attached hydrogens (tertiary/aromatic N) is 1. The van der Waals surface area contributed by atoms with Gasteiger partial charge in [-0.05, 0) is 24.3 Å². The molecule has 21 heavy (non-hydrogen) atoms. The summed E-state index contributed by atoms with van der Waals surface area (Å²) in [5.41, 5.74) is 0.426. The number of hydrogen-bond acceptors (Lipinski definition) is 6. The number of sulfone groups is 1. The van der Waals surface area contributed by atoms with Crippen LogP contribution >= 0.6 is 11.8 Å². The summed E-state index contributed by atoms with van der Waals surface area (Å²) in [6, 6.07) is 7.80. The second-order valence-corrected chi connectivity index (χ2v) is 8.07. The summed E-state index contributed by atoms with van der Waals surface area (Å²) >= 11 is 1.42.